The Morgan fingerprint density at radius 1 is 0.963 bits per heavy atom. The van der Waals surface area contributed by atoms with E-state index < -0.39 is 0 Å². The standard InChI is InChI=1S/C21H23N3O3/c1-14-12-20(23-16-6-4-15(5-7-16)10-11-25)24-21(22-14)18-9-8-17(26-2)13-19(18)27-3/h4-9,12-13,25H,10-11H2,1-3H3,(H,22,23,24). The summed E-state index contributed by atoms with van der Waals surface area (Å²) in [6, 6.07) is 15.4. The Morgan fingerprint density at radius 3 is 2.41 bits per heavy atom. The fourth-order valence-electron chi connectivity index (χ4n) is 2.77. The Kier molecular flexibility index (Phi) is 5.88. The number of anilines is 2. The normalized spacial score (nSPS) is 10.5. The number of aryl methyl sites for hydroxylation is 1. The van der Waals surface area contributed by atoms with Gasteiger partial charge in [0, 0.05) is 30.1 Å². The first-order chi connectivity index (χ1) is 13.1. The number of hydrogen-bond donors (Lipinski definition) is 2. The molecular formula is C21H23N3O3. The van der Waals surface area contributed by atoms with Crippen LogP contribution in [0.2, 0.25) is 0 Å². The minimum absolute atomic E-state index is 0.144. The van der Waals surface area contributed by atoms with Gasteiger partial charge in [-0.2, -0.15) is 0 Å². The molecule has 0 saturated heterocycles. The van der Waals surface area contributed by atoms with Crippen molar-refractivity contribution in [2.24, 2.45) is 0 Å². The quantitative estimate of drug-likeness (QED) is 0.664. The Labute approximate surface area is 158 Å². The molecule has 6 nitrogen and oxygen atoms in total. The summed E-state index contributed by atoms with van der Waals surface area (Å²) in [5.41, 5.74) is 3.65. The van der Waals surface area contributed by atoms with E-state index >= 15 is 0 Å². The lowest BCUT2D eigenvalue weighted by Crippen LogP contribution is -2.01. The molecule has 6 heteroatoms. The van der Waals surface area contributed by atoms with Gasteiger partial charge in [0.05, 0.1) is 19.8 Å². The fourth-order valence-corrected chi connectivity index (χ4v) is 2.77. The van der Waals surface area contributed by atoms with Crippen LogP contribution in [0.3, 0.4) is 0 Å². The van der Waals surface area contributed by atoms with Crippen LogP contribution in [-0.4, -0.2) is 35.9 Å². The highest BCUT2D eigenvalue weighted by atomic mass is 16.5. The molecule has 0 fully saturated rings. The predicted molar refractivity (Wildman–Crippen MR) is 106 cm³/mol. The van der Waals surface area contributed by atoms with Crippen molar-refractivity contribution in [3.05, 3.63) is 59.8 Å². The van der Waals surface area contributed by atoms with Gasteiger partial charge in [0.2, 0.25) is 0 Å². The summed E-state index contributed by atoms with van der Waals surface area (Å²) in [4.78, 5) is 9.19. The zero-order chi connectivity index (χ0) is 19.2. The lowest BCUT2D eigenvalue weighted by atomic mass is 10.1. The molecule has 0 bridgehead atoms. The van der Waals surface area contributed by atoms with Crippen LogP contribution >= 0.6 is 0 Å². The highest BCUT2D eigenvalue weighted by molar-refractivity contribution is 5.68. The van der Waals surface area contributed by atoms with Crippen molar-refractivity contribution in [3.8, 4) is 22.9 Å². The van der Waals surface area contributed by atoms with Gasteiger partial charge in [-0.05, 0) is 43.2 Å². The van der Waals surface area contributed by atoms with E-state index in [2.05, 4.69) is 15.3 Å². The summed E-state index contributed by atoms with van der Waals surface area (Å²) in [5.74, 6) is 2.64. The van der Waals surface area contributed by atoms with E-state index in [0.717, 1.165) is 22.5 Å². The second kappa shape index (κ2) is 8.51. The van der Waals surface area contributed by atoms with Gasteiger partial charge in [0.15, 0.2) is 5.82 Å². The number of rotatable bonds is 7. The number of ether oxygens (including phenoxy) is 2. The molecule has 140 valence electrons. The summed E-state index contributed by atoms with van der Waals surface area (Å²) >= 11 is 0. The number of aliphatic hydroxyl groups excluding tert-OH is 1. The Balaban J connectivity index is 1.90. The molecule has 0 saturated carbocycles. The molecule has 3 rings (SSSR count). The Morgan fingerprint density at radius 2 is 1.74 bits per heavy atom. The molecule has 0 unspecified atom stereocenters. The van der Waals surface area contributed by atoms with Crippen LogP contribution in [0.25, 0.3) is 11.4 Å². The van der Waals surface area contributed by atoms with Crippen LogP contribution in [0, 0.1) is 6.92 Å². The molecule has 2 N–H and O–H groups in total. The molecule has 0 aliphatic heterocycles. The molecule has 1 aromatic heterocycles. The third-order valence-electron chi connectivity index (χ3n) is 4.13. The summed E-state index contributed by atoms with van der Waals surface area (Å²) in [7, 11) is 3.23. The van der Waals surface area contributed by atoms with Crippen molar-refractivity contribution in [2.75, 3.05) is 26.1 Å². The molecule has 0 spiro atoms. The second-order valence-electron chi connectivity index (χ2n) is 6.08. The van der Waals surface area contributed by atoms with Gasteiger partial charge in [-0.3, -0.25) is 0 Å². The molecule has 0 atom stereocenters. The van der Waals surface area contributed by atoms with Gasteiger partial charge in [0.1, 0.15) is 17.3 Å². The van der Waals surface area contributed by atoms with Crippen molar-refractivity contribution >= 4 is 11.5 Å². The van der Waals surface area contributed by atoms with E-state index in [0.29, 0.717) is 29.6 Å². The highest BCUT2D eigenvalue weighted by Crippen LogP contribution is 2.32. The monoisotopic (exact) mass is 365 g/mol. The lowest BCUT2D eigenvalue weighted by Gasteiger charge is -2.12. The highest BCUT2D eigenvalue weighted by Gasteiger charge is 2.12. The first-order valence-corrected chi connectivity index (χ1v) is 8.68. The largest absolute Gasteiger partial charge is 0.497 e. The topological polar surface area (TPSA) is 76.5 Å². The van der Waals surface area contributed by atoms with Crippen molar-refractivity contribution < 1.29 is 14.6 Å². The van der Waals surface area contributed by atoms with Crippen molar-refractivity contribution in [2.45, 2.75) is 13.3 Å². The molecule has 0 radical (unpaired) electrons. The number of benzene rings is 2. The van der Waals surface area contributed by atoms with E-state index in [1.54, 1.807) is 14.2 Å². The molecule has 0 amide bonds. The number of hydrogen-bond acceptors (Lipinski definition) is 6. The number of aromatic nitrogens is 2. The van der Waals surface area contributed by atoms with Crippen LogP contribution in [0.4, 0.5) is 11.5 Å². The number of nitrogens with one attached hydrogen (secondary N) is 1. The fraction of sp³-hybridized carbons (Fsp3) is 0.238. The number of nitrogens with zero attached hydrogens (tertiary/aromatic N) is 2. The zero-order valence-electron chi connectivity index (χ0n) is 15.7. The van der Waals surface area contributed by atoms with E-state index in [1.165, 1.54) is 0 Å². The summed E-state index contributed by atoms with van der Waals surface area (Å²) < 4.78 is 10.7. The number of aliphatic hydroxyl groups is 1. The van der Waals surface area contributed by atoms with Gasteiger partial charge in [-0.25, -0.2) is 9.97 Å². The van der Waals surface area contributed by atoms with Crippen molar-refractivity contribution in [1.82, 2.24) is 9.97 Å². The van der Waals surface area contributed by atoms with E-state index in [-0.39, 0.29) is 6.61 Å². The van der Waals surface area contributed by atoms with Crippen molar-refractivity contribution in [3.63, 3.8) is 0 Å². The first kappa shape index (κ1) is 18.7. The van der Waals surface area contributed by atoms with Crippen LogP contribution in [0.15, 0.2) is 48.5 Å². The van der Waals surface area contributed by atoms with Gasteiger partial charge < -0.3 is 19.9 Å². The Bertz CT molecular complexity index is 911. The summed E-state index contributed by atoms with van der Waals surface area (Å²) in [6.07, 6.45) is 0.647. The smallest absolute Gasteiger partial charge is 0.165 e. The zero-order valence-corrected chi connectivity index (χ0v) is 15.7. The van der Waals surface area contributed by atoms with Gasteiger partial charge in [-0.15, -0.1) is 0 Å². The second-order valence-corrected chi connectivity index (χ2v) is 6.08. The summed E-state index contributed by atoms with van der Waals surface area (Å²) in [6.45, 7) is 2.07. The van der Waals surface area contributed by atoms with Gasteiger partial charge in [-0.1, -0.05) is 12.1 Å². The average Bonchev–Trinajstić information content (AvgIpc) is 2.68. The lowest BCUT2D eigenvalue weighted by molar-refractivity contribution is 0.299. The maximum atomic E-state index is 9.02. The Hall–Kier alpha value is -3.12. The minimum Gasteiger partial charge on any atom is -0.497 e. The average molecular weight is 365 g/mol. The van der Waals surface area contributed by atoms with Gasteiger partial charge in [0.25, 0.3) is 0 Å². The van der Waals surface area contributed by atoms with Crippen LogP contribution < -0.4 is 14.8 Å². The van der Waals surface area contributed by atoms with Crippen molar-refractivity contribution in [1.29, 1.82) is 0 Å². The molecule has 0 aliphatic rings. The number of methoxy groups -OCH3 is 2. The minimum atomic E-state index is 0.144. The van der Waals surface area contributed by atoms with E-state index in [4.69, 9.17) is 14.6 Å². The molecule has 2 aromatic carbocycles. The third kappa shape index (κ3) is 4.54. The molecule has 27 heavy (non-hydrogen) atoms. The molecule has 3 aromatic rings. The van der Waals surface area contributed by atoms with Gasteiger partial charge >= 0.3 is 0 Å². The maximum absolute atomic E-state index is 9.02. The van der Waals surface area contributed by atoms with Crippen LogP contribution in [-0.2, 0) is 6.42 Å². The maximum Gasteiger partial charge on any atom is 0.165 e. The van der Waals surface area contributed by atoms with Crippen LogP contribution in [0.5, 0.6) is 11.5 Å². The molecule has 1 heterocycles. The SMILES string of the molecule is COc1ccc(-c2nc(C)cc(Nc3ccc(CCO)cc3)n2)c(OC)c1. The molecule has 0 aliphatic carbocycles. The summed E-state index contributed by atoms with van der Waals surface area (Å²) in [5, 5.41) is 12.3. The third-order valence-corrected chi connectivity index (χ3v) is 4.13. The molecular weight excluding hydrogens is 342 g/mol. The predicted octanol–water partition coefficient (Wildman–Crippen LogP) is 3.75. The van der Waals surface area contributed by atoms with E-state index in [9.17, 15) is 0 Å². The first-order valence-electron chi connectivity index (χ1n) is 8.68. The van der Waals surface area contributed by atoms with Crippen LogP contribution in [0.1, 0.15) is 11.3 Å². The van der Waals surface area contributed by atoms with E-state index in [1.807, 2.05) is 55.5 Å².